The van der Waals surface area contributed by atoms with Crippen molar-refractivity contribution in [2.24, 2.45) is 0 Å². The summed E-state index contributed by atoms with van der Waals surface area (Å²) >= 11 is 0. The summed E-state index contributed by atoms with van der Waals surface area (Å²) in [7, 11) is -3.07. The van der Waals surface area contributed by atoms with Crippen molar-refractivity contribution >= 4 is 17.8 Å². The van der Waals surface area contributed by atoms with E-state index in [1.807, 2.05) is 12.1 Å². The number of hydrogen-bond donors (Lipinski definition) is 0. The van der Waals surface area contributed by atoms with E-state index in [9.17, 15) is 8.96 Å². The lowest BCUT2D eigenvalue weighted by molar-refractivity contribution is 0.542. The number of halogens is 1. The van der Waals surface area contributed by atoms with E-state index < -0.39 is 13.6 Å². The average molecular weight is 234 g/mol. The van der Waals surface area contributed by atoms with Gasteiger partial charge in [-0.15, -0.1) is 0 Å². The minimum absolute atomic E-state index is 0.573. The summed E-state index contributed by atoms with van der Waals surface area (Å²) in [5.74, 6) is 0. The van der Waals surface area contributed by atoms with Gasteiger partial charge in [-0.1, -0.05) is 60.7 Å². The van der Waals surface area contributed by atoms with Crippen molar-refractivity contribution in [3.63, 3.8) is 0 Å². The molecule has 0 atom stereocenters. The van der Waals surface area contributed by atoms with Gasteiger partial charge in [0.15, 0.2) is 13.6 Å². The highest BCUT2D eigenvalue weighted by atomic mass is 31.2. The first kappa shape index (κ1) is 11.1. The van der Waals surface area contributed by atoms with Gasteiger partial charge >= 0.3 is 0 Å². The number of rotatable bonds is 3. The zero-order valence-electron chi connectivity index (χ0n) is 8.71. The molecule has 0 unspecified atom stereocenters. The molecular weight excluding hydrogens is 222 g/mol. The van der Waals surface area contributed by atoms with E-state index in [1.54, 1.807) is 48.5 Å². The molecule has 0 radical (unpaired) electrons. The maximum Gasteiger partial charge on any atom is 0.172 e. The minimum Gasteiger partial charge on any atom is -0.311 e. The predicted molar refractivity (Wildman–Crippen MR) is 65.7 cm³/mol. The largest absolute Gasteiger partial charge is 0.311 e. The summed E-state index contributed by atoms with van der Waals surface area (Å²) in [6, 6.07) is 17.6. The lowest BCUT2D eigenvalue weighted by atomic mass is 10.4. The Hall–Kier alpha value is -1.40. The van der Waals surface area contributed by atoms with Crippen LogP contribution in [-0.2, 0) is 4.57 Å². The highest BCUT2D eigenvalue weighted by Gasteiger charge is 2.26. The summed E-state index contributed by atoms with van der Waals surface area (Å²) < 4.78 is 25.8. The van der Waals surface area contributed by atoms with Crippen LogP contribution in [0, 0.1) is 0 Å². The first-order valence-electron chi connectivity index (χ1n) is 5.03. The summed E-state index contributed by atoms with van der Waals surface area (Å²) in [6.45, 7) is 0. The van der Waals surface area contributed by atoms with Crippen molar-refractivity contribution < 1.29 is 8.96 Å². The molecule has 1 nitrogen and oxygen atoms in total. The molecule has 0 saturated heterocycles. The van der Waals surface area contributed by atoms with E-state index in [-0.39, 0.29) is 0 Å². The topological polar surface area (TPSA) is 17.1 Å². The van der Waals surface area contributed by atoms with Crippen molar-refractivity contribution in [1.82, 2.24) is 0 Å². The molecule has 0 amide bonds. The van der Waals surface area contributed by atoms with E-state index in [4.69, 9.17) is 0 Å². The van der Waals surface area contributed by atoms with Crippen LogP contribution < -0.4 is 10.6 Å². The Morgan fingerprint density at radius 1 is 0.812 bits per heavy atom. The molecule has 2 aromatic rings. The van der Waals surface area contributed by atoms with Gasteiger partial charge in [0, 0.05) is 10.6 Å². The fourth-order valence-electron chi connectivity index (χ4n) is 1.62. The molecule has 0 bridgehead atoms. The Bertz CT molecular complexity index is 452. The van der Waals surface area contributed by atoms with Gasteiger partial charge < -0.3 is 4.57 Å². The van der Waals surface area contributed by atoms with Crippen molar-refractivity contribution in [1.29, 1.82) is 0 Å². The summed E-state index contributed by atoms with van der Waals surface area (Å²) in [6.07, 6.45) is -0.832. The Labute approximate surface area is 94.3 Å². The van der Waals surface area contributed by atoms with Crippen molar-refractivity contribution in [3.8, 4) is 0 Å². The van der Waals surface area contributed by atoms with E-state index >= 15 is 0 Å². The summed E-state index contributed by atoms with van der Waals surface area (Å²) in [4.78, 5) is 0. The maximum absolute atomic E-state index is 13.2. The van der Waals surface area contributed by atoms with Gasteiger partial charge in [0.25, 0.3) is 0 Å². The lowest BCUT2D eigenvalue weighted by Crippen LogP contribution is -2.16. The van der Waals surface area contributed by atoms with Crippen LogP contribution in [0.3, 0.4) is 0 Å². The third-order valence-electron chi connectivity index (χ3n) is 2.51. The molecule has 0 fully saturated rings. The smallest absolute Gasteiger partial charge is 0.172 e. The normalized spacial score (nSPS) is 11.3. The van der Waals surface area contributed by atoms with Gasteiger partial charge in [-0.2, -0.15) is 0 Å². The standard InChI is InChI=1S/C13H12FOP/c14-11-16(15,12-7-3-1-4-8-12)13-9-5-2-6-10-13/h1-10H,11H2. The van der Waals surface area contributed by atoms with Crippen molar-refractivity contribution in [2.75, 3.05) is 6.42 Å². The molecule has 0 aliphatic carbocycles. The molecule has 16 heavy (non-hydrogen) atoms. The molecule has 0 saturated carbocycles. The summed E-state index contributed by atoms with van der Waals surface area (Å²) in [5.41, 5.74) is 0. The molecule has 0 heterocycles. The third kappa shape index (κ3) is 1.94. The lowest BCUT2D eigenvalue weighted by Gasteiger charge is -2.15. The van der Waals surface area contributed by atoms with Crippen LogP contribution in [0.2, 0.25) is 0 Å². The van der Waals surface area contributed by atoms with Crippen molar-refractivity contribution in [3.05, 3.63) is 60.7 Å². The fraction of sp³-hybridized carbons (Fsp3) is 0.0769. The van der Waals surface area contributed by atoms with Gasteiger partial charge in [-0.05, 0) is 0 Å². The molecule has 3 heteroatoms. The van der Waals surface area contributed by atoms with Gasteiger partial charge in [-0.25, -0.2) is 4.39 Å². The summed E-state index contributed by atoms with van der Waals surface area (Å²) in [5, 5.41) is 1.15. The maximum atomic E-state index is 13.2. The number of benzene rings is 2. The molecule has 0 aromatic heterocycles. The van der Waals surface area contributed by atoms with Crippen LogP contribution in [-0.4, -0.2) is 6.42 Å². The van der Waals surface area contributed by atoms with E-state index in [2.05, 4.69) is 0 Å². The fourth-order valence-corrected chi connectivity index (χ4v) is 3.51. The Balaban J connectivity index is 2.54. The molecule has 0 spiro atoms. The SMILES string of the molecule is O=P(CF)(c1ccccc1)c1ccccc1. The van der Waals surface area contributed by atoms with Gasteiger partial charge in [0.05, 0.1) is 0 Å². The third-order valence-corrected chi connectivity index (χ3v) is 5.12. The number of hydrogen-bond acceptors (Lipinski definition) is 1. The Kier molecular flexibility index (Phi) is 3.21. The second-order valence-corrected chi connectivity index (χ2v) is 6.28. The van der Waals surface area contributed by atoms with Gasteiger partial charge in [0.1, 0.15) is 0 Å². The van der Waals surface area contributed by atoms with Crippen LogP contribution in [0.4, 0.5) is 4.39 Å². The number of alkyl halides is 1. The molecule has 82 valence electrons. The van der Waals surface area contributed by atoms with Crippen molar-refractivity contribution in [2.45, 2.75) is 0 Å². The van der Waals surface area contributed by atoms with E-state index in [1.165, 1.54) is 0 Å². The quantitative estimate of drug-likeness (QED) is 0.746. The molecule has 2 rings (SSSR count). The molecule has 0 N–H and O–H groups in total. The van der Waals surface area contributed by atoms with Gasteiger partial charge in [-0.3, -0.25) is 0 Å². The zero-order chi connectivity index (χ0) is 11.4. The highest BCUT2D eigenvalue weighted by Crippen LogP contribution is 2.42. The zero-order valence-corrected chi connectivity index (χ0v) is 9.61. The Morgan fingerprint density at radius 3 is 1.50 bits per heavy atom. The average Bonchev–Trinajstić information content (AvgIpc) is 2.40. The minimum atomic E-state index is -3.07. The van der Waals surface area contributed by atoms with Crippen LogP contribution in [0.5, 0.6) is 0 Å². The van der Waals surface area contributed by atoms with Crippen LogP contribution in [0.1, 0.15) is 0 Å². The second-order valence-electron chi connectivity index (χ2n) is 3.53. The molecule has 0 aliphatic rings. The highest BCUT2D eigenvalue weighted by molar-refractivity contribution is 7.78. The Morgan fingerprint density at radius 2 is 1.19 bits per heavy atom. The second kappa shape index (κ2) is 4.63. The van der Waals surface area contributed by atoms with Crippen LogP contribution >= 0.6 is 7.14 Å². The molecule has 2 aromatic carbocycles. The first-order valence-corrected chi connectivity index (χ1v) is 6.93. The first-order chi connectivity index (χ1) is 7.77. The van der Waals surface area contributed by atoms with E-state index in [0.29, 0.717) is 10.6 Å². The molecular formula is C13H12FOP. The van der Waals surface area contributed by atoms with Crippen LogP contribution in [0.15, 0.2) is 60.7 Å². The van der Waals surface area contributed by atoms with Gasteiger partial charge in [0.2, 0.25) is 0 Å². The monoisotopic (exact) mass is 234 g/mol. The van der Waals surface area contributed by atoms with E-state index in [0.717, 1.165) is 0 Å². The predicted octanol–water partition coefficient (Wildman–Crippen LogP) is 2.93. The van der Waals surface area contributed by atoms with Crippen LogP contribution in [0.25, 0.3) is 0 Å². The molecule has 0 aliphatic heterocycles.